The van der Waals surface area contributed by atoms with Gasteiger partial charge in [0.2, 0.25) is 0 Å². The number of nitrogens with two attached hydrogens (primary N) is 1. The number of rotatable bonds is 10. The standard InChI is InChI=1S/C16H26ClNOS/c1-2-3-4-5-6-7-8-9-12-20(19)16-13-14(17)10-11-15(16)18/h10-11,13H,2-9,12,18H2,1H3. The van der Waals surface area contributed by atoms with Gasteiger partial charge in [0.1, 0.15) is 0 Å². The van der Waals surface area contributed by atoms with Gasteiger partial charge in [0.05, 0.1) is 15.7 Å². The Hall–Kier alpha value is -0.540. The quantitative estimate of drug-likeness (QED) is 0.478. The van der Waals surface area contributed by atoms with E-state index in [9.17, 15) is 4.21 Å². The Morgan fingerprint density at radius 2 is 1.65 bits per heavy atom. The van der Waals surface area contributed by atoms with Crippen LogP contribution in [0.2, 0.25) is 5.02 Å². The molecular weight excluding hydrogens is 290 g/mol. The zero-order valence-corrected chi connectivity index (χ0v) is 13.9. The minimum absolute atomic E-state index is 0.576. The molecule has 1 aromatic rings. The Kier molecular flexibility index (Phi) is 8.95. The largest absolute Gasteiger partial charge is 0.398 e. The second-order valence-electron chi connectivity index (χ2n) is 5.21. The van der Waals surface area contributed by atoms with Crippen LogP contribution in [0, 0.1) is 0 Å². The predicted octanol–water partition coefficient (Wildman–Crippen LogP) is 5.17. The number of benzene rings is 1. The van der Waals surface area contributed by atoms with E-state index in [4.69, 9.17) is 17.3 Å². The smallest absolute Gasteiger partial charge is 0.0632 e. The molecule has 0 aliphatic rings. The SMILES string of the molecule is CCCCCCCCCCS(=O)c1cc(Cl)ccc1N. The summed E-state index contributed by atoms with van der Waals surface area (Å²) in [7, 11) is -1.02. The van der Waals surface area contributed by atoms with Crippen LogP contribution >= 0.6 is 11.6 Å². The molecule has 1 aromatic carbocycles. The third-order valence-corrected chi connectivity index (χ3v) is 5.14. The van der Waals surface area contributed by atoms with Crippen molar-refractivity contribution >= 4 is 28.1 Å². The van der Waals surface area contributed by atoms with Gasteiger partial charge in [0.25, 0.3) is 0 Å². The molecule has 4 heteroatoms. The Labute approximate surface area is 130 Å². The zero-order chi connectivity index (χ0) is 14.8. The Balaban J connectivity index is 2.18. The summed E-state index contributed by atoms with van der Waals surface area (Å²) in [5, 5.41) is 0.596. The number of halogens is 1. The van der Waals surface area contributed by atoms with Crippen molar-refractivity contribution in [1.82, 2.24) is 0 Å². The molecule has 0 bridgehead atoms. The molecule has 0 fully saturated rings. The monoisotopic (exact) mass is 315 g/mol. The van der Waals surface area contributed by atoms with E-state index in [0.717, 1.165) is 12.8 Å². The lowest BCUT2D eigenvalue weighted by atomic mass is 10.1. The number of hydrogen-bond donors (Lipinski definition) is 1. The molecule has 1 atom stereocenters. The van der Waals surface area contributed by atoms with Crippen LogP contribution in [0.5, 0.6) is 0 Å². The molecular formula is C16H26ClNOS. The Bertz CT molecular complexity index is 423. The van der Waals surface area contributed by atoms with Crippen molar-refractivity contribution in [3.05, 3.63) is 23.2 Å². The average Bonchev–Trinajstić information content (AvgIpc) is 2.44. The maximum Gasteiger partial charge on any atom is 0.0632 e. The summed E-state index contributed by atoms with van der Waals surface area (Å²) >= 11 is 5.92. The van der Waals surface area contributed by atoms with Crippen LogP contribution in [0.3, 0.4) is 0 Å². The first-order chi connectivity index (χ1) is 9.65. The van der Waals surface area contributed by atoms with Crippen molar-refractivity contribution in [2.45, 2.75) is 63.2 Å². The molecule has 1 rings (SSSR count). The molecule has 20 heavy (non-hydrogen) atoms. The molecule has 0 amide bonds. The molecule has 0 heterocycles. The minimum Gasteiger partial charge on any atom is -0.398 e. The summed E-state index contributed by atoms with van der Waals surface area (Å²) in [6.45, 7) is 2.23. The molecule has 0 aliphatic carbocycles. The molecule has 2 N–H and O–H groups in total. The Morgan fingerprint density at radius 1 is 1.05 bits per heavy atom. The number of unbranched alkanes of at least 4 members (excludes halogenated alkanes) is 7. The molecule has 1 unspecified atom stereocenters. The van der Waals surface area contributed by atoms with Crippen molar-refractivity contribution in [2.75, 3.05) is 11.5 Å². The van der Waals surface area contributed by atoms with E-state index in [0.29, 0.717) is 21.4 Å². The van der Waals surface area contributed by atoms with Gasteiger partial charge in [-0.3, -0.25) is 4.21 Å². The fourth-order valence-electron chi connectivity index (χ4n) is 2.18. The van der Waals surface area contributed by atoms with Gasteiger partial charge in [-0.2, -0.15) is 0 Å². The lowest BCUT2D eigenvalue weighted by molar-refractivity contribution is 0.584. The van der Waals surface area contributed by atoms with Crippen LogP contribution in [0.1, 0.15) is 58.3 Å². The maximum absolute atomic E-state index is 12.2. The van der Waals surface area contributed by atoms with Crippen LogP contribution in [0.15, 0.2) is 23.1 Å². The molecule has 0 saturated carbocycles. The second-order valence-corrected chi connectivity index (χ2v) is 7.18. The van der Waals surface area contributed by atoms with Gasteiger partial charge >= 0.3 is 0 Å². The topological polar surface area (TPSA) is 43.1 Å². The average molecular weight is 316 g/mol. The van der Waals surface area contributed by atoms with Gasteiger partial charge in [-0.05, 0) is 24.6 Å². The first kappa shape index (κ1) is 17.5. The van der Waals surface area contributed by atoms with E-state index >= 15 is 0 Å². The number of anilines is 1. The number of nitrogen functional groups attached to an aromatic ring is 1. The van der Waals surface area contributed by atoms with Gasteiger partial charge in [0, 0.05) is 16.5 Å². The third-order valence-electron chi connectivity index (χ3n) is 3.40. The first-order valence-electron chi connectivity index (χ1n) is 7.58. The summed E-state index contributed by atoms with van der Waals surface area (Å²) in [4.78, 5) is 0.681. The van der Waals surface area contributed by atoms with Gasteiger partial charge < -0.3 is 5.73 Å². The zero-order valence-electron chi connectivity index (χ0n) is 12.4. The van der Waals surface area contributed by atoms with E-state index in [1.165, 1.54) is 38.5 Å². The van der Waals surface area contributed by atoms with E-state index < -0.39 is 10.8 Å². The fraction of sp³-hybridized carbons (Fsp3) is 0.625. The predicted molar refractivity (Wildman–Crippen MR) is 89.7 cm³/mol. The molecule has 2 nitrogen and oxygen atoms in total. The molecule has 0 aromatic heterocycles. The van der Waals surface area contributed by atoms with Crippen LogP contribution in [-0.2, 0) is 10.8 Å². The van der Waals surface area contributed by atoms with E-state index in [2.05, 4.69) is 6.92 Å². The van der Waals surface area contributed by atoms with Crippen molar-refractivity contribution in [3.8, 4) is 0 Å². The molecule has 0 aliphatic heterocycles. The summed E-state index contributed by atoms with van der Waals surface area (Å²) in [5.41, 5.74) is 6.41. The van der Waals surface area contributed by atoms with Crippen molar-refractivity contribution < 1.29 is 4.21 Å². The highest BCUT2D eigenvalue weighted by atomic mass is 35.5. The normalized spacial score (nSPS) is 12.5. The van der Waals surface area contributed by atoms with Crippen LogP contribution in [0.25, 0.3) is 0 Å². The van der Waals surface area contributed by atoms with Gasteiger partial charge in [0.15, 0.2) is 0 Å². The highest BCUT2D eigenvalue weighted by Gasteiger charge is 2.08. The van der Waals surface area contributed by atoms with Crippen LogP contribution < -0.4 is 5.73 Å². The minimum atomic E-state index is -1.02. The van der Waals surface area contributed by atoms with E-state index in [1.54, 1.807) is 18.2 Å². The summed E-state index contributed by atoms with van der Waals surface area (Å²) in [6, 6.07) is 5.18. The second kappa shape index (κ2) is 10.2. The third kappa shape index (κ3) is 6.76. The molecule has 0 saturated heterocycles. The highest BCUT2D eigenvalue weighted by Crippen LogP contribution is 2.22. The highest BCUT2D eigenvalue weighted by molar-refractivity contribution is 7.85. The van der Waals surface area contributed by atoms with Crippen molar-refractivity contribution in [2.24, 2.45) is 0 Å². The molecule has 114 valence electrons. The number of hydrogen-bond acceptors (Lipinski definition) is 2. The lowest BCUT2D eigenvalue weighted by Gasteiger charge is -2.06. The summed E-state index contributed by atoms with van der Waals surface area (Å²) < 4.78 is 12.2. The van der Waals surface area contributed by atoms with Gasteiger partial charge in [-0.1, -0.05) is 63.5 Å². The van der Waals surface area contributed by atoms with Gasteiger partial charge in [-0.15, -0.1) is 0 Å². The Morgan fingerprint density at radius 3 is 2.30 bits per heavy atom. The summed E-state index contributed by atoms with van der Waals surface area (Å²) in [6.07, 6.45) is 10.0. The van der Waals surface area contributed by atoms with Gasteiger partial charge in [-0.25, -0.2) is 0 Å². The van der Waals surface area contributed by atoms with Crippen molar-refractivity contribution in [1.29, 1.82) is 0 Å². The van der Waals surface area contributed by atoms with E-state index in [1.807, 2.05) is 0 Å². The van der Waals surface area contributed by atoms with E-state index in [-0.39, 0.29) is 0 Å². The maximum atomic E-state index is 12.2. The summed E-state index contributed by atoms with van der Waals surface area (Å²) in [5.74, 6) is 0.680. The first-order valence-corrected chi connectivity index (χ1v) is 9.28. The van der Waals surface area contributed by atoms with Crippen LogP contribution in [-0.4, -0.2) is 9.96 Å². The molecule has 0 spiro atoms. The molecule has 0 radical (unpaired) electrons. The van der Waals surface area contributed by atoms with Crippen LogP contribution in [0.4, 0.5) is 5.69 Å². The van der Waals surface area contributed by atoms with Crippen molar-refractivity contribution in [3.63, 3.8) is 0 Å². The lowest BCUT2D eigenvalue weighted by Crippen LogP contribution is -2.02. The fourth-order valence-corrected chi connectivity index (χ4v) is 3.69.